The van der Waals surface area contributed by atoms with Crippen molar-refractivity contribution in [2.24, 2.45) is 0 Å². The minimum Gasteiger partial charge on any atom is -0.335 e. The molecule has 1 saturated carbocycles. The van der Waals surface area contributed by atoms with Gasteiger partial charge in [0.05, 0.1) is 17.4 Å². The smallest absolute Gasteiger partial charge is 0.317 e. The topological polar surface area (TPSA) is 50.2 Å². The molecule has 1 aliphatic carbocycles. The zero-order valence-electron chi connectivity index (χ0n) is 15.1. The van der Waals surface area contributed by atoms with Crippen LogP contribution in [-0.2, 0) is 0 Å². The standard InChI is InChI=1S/C20H28N4O/c1-15-7-8-19-18(13-15)21-14-24(19)17-9-11-23(12-10-17)20(25)22-16-5-3-2-4-6-16/h7-8,13-14,16-17H,2-6,9-12H2,1H3,(H,22,25). The second-order valence-corrected chi connectivity index (χ2v) is 7.65. The summed E-state index contributed by atoms with van der Waals surface area (Å²) in [5.74, 6) is 0. The number of carbonyl (C=O) groups is 1. The number of aryl methyl sites for hydroxylation is 1. The second kappa shape index (κ2) is 7.06. The average Bonchev–Trinajstić information content (AvgIpc) is 3.05. The largest absolute Gasteiger partial charge is 0.335 e. The van der Waals surface area contributed by atoms with Gasteiger partial charge in [0, 0.05) is 25.2 Å². The van der Waals surface area contributed by atoms with Crippen molar-refractivity contribution in [2.75, 3.05) is 13.1 Å². The van der Waals surface area contributed by atoms with Gasteiger partial charge in [0.2, 0.25) is 0 Å². The number of fused-ring (bicyclic) bond motifs is 1. The number of nitrogens with zero attached hydrogens (tertiary/aromatic N) is 3. The first-order valence-electron chi connectivity index (χ1n) is 9.69. The van der Waals surface area contributed by atoms with Gasteiger partial charge in [-0.25, -0.2) is 9.78 Å². The van der Waals surface area contributed by atoms with Gasteiger partial charge < -0.3 is 14.8 Å². The summed E-state index contributed by atoms with van der Waals surface area (Å²) in [6.07, 6.45) is 10.1. The van der Waals surface area contributed by atoms with Gasteiger partial charge in [-0.3, -0.25) is 0 Å². The molecule has 1 N–H and O–H groups in total. The van der Waals surface area contributed by atoms with Gasteiger partial charge in [-0.15, -0.1) is 0 Å². The van der Waals surface area contributed by atoms with Gasteiger partial charge in [-0.1, -0.05) is 25.3 Å². The van der Waals surface area contributed by atoms with E-state index in [-0.39, 0.29) is 6.03 Å². The summed E-state index contributed by atoms with van der Waals surface area (Å²) >= 11 is 0. The van der Waals surface area contributed by atoms with Gasteiger partial charge in [-0.05, 0) is 50.3 Å². The molecule has 1 saturated heterocycles. The zero-order valence-corrected chi connectivity index (χ0v) is 15.1. The van der Waals surface area contributed by atoms with Crippen LogP contribution in [0.2, 0.25) is 0 Å². The third-order valence-corrected chi connectivity index (χ3v) is 5.81. The van der Waals surface area contributed by atoms with E-state index in [2.05, 4.69) is 40.0 Å². The summed E-state index contributed by atoms with van der Waals surface area (Å²) in [5, 5.41) is 3.24. The molecule has 25 heavy (non-hydrogen) atoms. The molecule has 0 bridgehead atoms. The van der Waals surface area contributed by atoms with Crippen molar-refractivity contribution in [3.05, 3.63) is 30.1 Å². The maximum Gasteiger partial charge on any atom is 0.317 e. The fourth-order valence-electron chi connectivity index (χ4n) is 4.29. The summed E-state index contributed by atoms with van der Waals surface area (Å²) in [4.78, 5) is 19.1. The van der Waals surface area contributed by atoms with E-state index in [1.165, 1.54) is 30.3 Å². The Morgan fingerprint density at radius 1 is 1.12 bits per heavy atom. The first kappa shape index (κ1) is 16.4. The highest BCUT2D eigenvalue weighted by atomic mass is 16.2. The van der Waals surface area contributed by atoms with E-state index in [9.17, 15) is 4.79 Å². The van der Waals surface area contributed by atoms with E-state index < -0.39 is 0 Å². The van der Waals surface area contributed by atoms with Crippen molar-refractivity contribution in [3.8, 4) is 0 Å². The number of hydrogen-bond acceptors (Lipinski definition) is 2. The maximum absolute atomic E-state index is 12.5. The lowest BCUT2D eigenvalue weighted by molar-refractivity contribution is 0.166. The third-order valence-electron chi connectivity index (χ3n) is 5.81. The van der Waals surface area contributed by atoms with Crippen LogP contribution in [0, 0.1) is 6.92 Å². The van der Waals surface area contributed by atoms with E-state index in [4.69, 9.17) is 0 Å². The molecule has 5 nitrogen and oxygen atoms in total. The quantitative estimate of drug-likeness (QED) is 0.897. The number of aromatic nitrogens is 2. The predicted molar refractivity (Wildman–Crippen MR) is 99.7 cm³/mol. The fourth-order valence-corrected chi connectivity index (χ4v) is 4.29. The second-order valence-electron chi connectivity index (χ2n) is 7.65. The Labute approximate surface area is 149 Å². The van der Waals surface area contributed by atoms with Gasteiger partial charge in [0.1, 0.15) is 0 Å². The van der Waals surface area contributed by atoms with Crippen molar-refractivity contribution >= 4 is 17.1 Å². The first-order chi connectivity index (χ1) is 12.2. The van der Waals surface area contributed by atoms with E-state index in [0.717, 1.165) is 44.3 Å². The van der Waals surface area contributed by atoms with Crippen LogP contribution in [-0.4, -0.2) is 39.6 Å². The van der Waals surface area contributed by atoms with Crippen molar-refractivity contribution in [2.45, 2.75) is 64.0 Å². The summed E-state index contributed by atoms with van der Waals surface area (Å²) in [6.45, 7) is 3.76. The molecule has 2 heterocycles. The molecule has 1 aromatic carbocycles. The lowest BCUT2D eigenvalue weighted by atomic mass is 9.95. The Morgan fingerprint density at radius 3 is 2.64 bits per heavy atom. The van der Waals surface area contributed by atoms with E-state index >= 15 is 0 Å². The lowest BCUT2D eigenvalue weighted by Crippen LogP contribution is -2.48. The summed E-state index contributed by atoms with van der Waals surface area (Å²) < 4.78 is 2.30. The minimum atomic E-state index is 0.136. The summed E-state index contributed by atoms with van der Waals surface area (Å²) in [5.41, 5.74) is 3.51. The molecule has 5 heteroatoms. The maximum atomic E-state index is 12.5. The monoisotopic (exact) mass is 340 g/mol. The number of imidazole rings is 1. The number of piperidine rings is 1. The Hall–Kier alpha value is -2.04. The predicted octanol–water partition coefficient (Wildman–Crippen LogP) is 4.02. The minimum absolute atomic E-state index is 0.136. The van der Waals surface area contributed by atoms with Crippen molar-refractivity contribution in [1.82, 2.24) is 19.8 Å². The van der Waals surface area contributed by atoms with Gasteiger partial charge in [0.15, 0.2) is 0 Å². The molecule has 1 aromatic heterocycles. The van der Waals surface area contributed by atoms with Crippen LogP contribution in [0.5, 0.6) is 0 Å². The van der Waals surface area contributed by atoms with E-state index in [1.807, 2.05) is 11.2 Å². The third kappa shape index (κ3) is 3.51. The van der Waals surface area contributed by atoms with Crippen LogP contribution in [0.4, 0.5) is 4.79 Å². The Kier molecular flexibility index (Phi) is 4.64. The SMILES string of the molecule is Cc1ccc2c(c1)ncn2C1CCN(C(=O)NC2CCCCC2)CC1. The molecule has 0 atom stereocenters. The van der Waals surface area contributed by atoms with Crippen LogP contribution < -0.4 is 5.32 Å². The zero-order chi connectivity index (χ0) is 17.2. The number of hydrogen-bond donors (Lipinski definition) is 1. The molecule has 4 rings (SSSR count). The van der Waals surface area contributed by atoms with Gasteiger partial charge >= 0.3 is 6.03 Å². The first-order valence-corrected chi connectivity index (χ1v) is 9.69. The summed E-state index contributed by atoms with van der Waals surface area (Å²) in [6, 6.07) is 7.41. The Bertz CT molecular complexity index is 739. The number of carbonyl (C=O) groups excluding carboxylic acids is 1. The number of likely N-dealkylation sites (tertiary alicyclic amines) is 1. The van der Waals surface area contributed by atoms with E-state index in [0.29, 0.717) is 12.1 Å². The normalized spacial score (nSPS) is 20.1. The fraction of sp³-hybridized carbons (Fsp3) is 0.600. The van der Waals surface area contributed by atoms with E-state index in [1.54, 1.807) is 0 Å². The number of urea groups is 1. The average molecular weight is 340 g/mol. The lowest BCUT2D eigenvalue weighted by Gasteiger charge is -2.34. The molecule has 2 aromatic rings. The van der Waals surface area contributed by atoms with Gasteiger partial charge in [0.25, 0.3) is 0 Å². The molecule has 0 unspecified atom stereocenters. The highest BCUT2D eigenvalue weighted by molar-refractivity contribution is 5.76. The van der Waals surface area contributed by atoms with Gasteiger partial charge in [-0.2, -0.15) is 0 Å². The van der Waals surface area contributed by atoms with Crippen LogP contribution in [0.15, 0.2) is 24.5 Å². The number of amides is 2. The highest BCUT2D eigenvalue weighted by Gasteiger charge is 2.26. The highest BCUT2D eigenvalue weighted by Crippen LogP contribution is 2.27. The number of rotatable bonds is 2. The molecule has 1 aliphatic heterocycles. The van der Waals surface area contributed by atoms with Crippen molar-refractivity contribution < 1.29 is 4.79 Å². The molecule has 2 fully saturated rings. The van der Waals surface area contributed by atoms with Crippen molar-refractivity contribution in [1.29, 1.82) is 0 Å². The number of nitrogens with one attached hydrogen (secondary N) is 1. The Morgan fingerprint density at radius 2 is 1.88 bits per heavy atom. The molecule has 0 radical (unpaired) electrons. The van der Waals surface area contributed by atoms with Crippen LogP contribution in [0.25, 0.3) is 11.0 Å². The summed E-state index contributed by atoms with van der Waals surface area (Å²) in [7, 11) is 0. The van der Waals surface area contributed by atoms with Crippen LogP contribution in [0.1, 0.15) is 56.6 Å². The molecule has 2 amide bonds. The number of benzene rings is 1. The molecular formula is C20H28N4O. The Balaban J connectivity index is 1.36. The van der Waals surface area contributed by atoms with Crippen molar-refractivity contribution in [3.63, 3.8) is 0 Å². The van der Waals surface area contributed by atoms with Crippen LogP contribution >= 0.6 is 0 Å². The van der Waals surface area contributed by atoms with Crippen LogP contribution in [0.3, 0.4) is 0 Å². The molecule has 2 aliphatic rings. The molecule has 134 valence electrons. The molecule has 0 spiro atoms. The molecular weight excluding hydrogens is 312 g/mol.